The van der Waals surface area contributed by atoms with E-state index in [1.54, 1.807) is 0 Å². The largest absolute Gasteiger partial charge is 0.417 e. The maximum Gasteiger partial charge on any atom is 0.290 e. The fourth-order valence-corrected chi connectivity index (χ4v) is 11.9. The zero-order valence-corrected chi connectivity index (χ0v) is 24.9. The molecule has 2 unspecified atom stereocenters. The van der Waals surface area contributed by atoms with Gasteiger partial charge in [-0.2, -0.15) is 16.8 Å². The summed E-state index contributed by atoms with van der Waals surface area (Å²) in [6, 6.07) is 9.84. The fourth-order valence-electron chi connectivity index (χ4n) is 3.36. The molecule has 1 aliphatic rings. The molecule has 1 heterocycles. The van der Waals surface area contributed by atoms with Crippen LogP contribution in [0.4, 0.5) is 0 Å². The first-order chi connectivity index (χ1) is 17.5. The summed E-state index contributed by atoms with van der Waals surface area (Å²) in [4.78, 5) is 38.1. The topological polar surface area (TPSA) is 153 Å². The summed E-state index contributed by atoms with van der Waals surface area (Å²) in [5.41, 5.74) is 0. The number of Topliss-reactive ketones (excluding diaryl/α,β-unsaturated/α-hetero) is 3. The van der Waals surface area contributed by atoms with Gasteiger partial charge in [0.25, 0.3) is 20.0 Å². The van der Waals surface area contributed by atoms with Crippen LogP contribution in [-0.2, 0) is 60.3 Å². The van der Waals surface area contributed by atoms with E-state index in [4.69, 9.17) is 27.4 Å². The molecule has 0 aliphatic carbocycles. The molecule has 3 rings (SSSR count). The average molecular weight is 640 g/mol. The Hall–Kier alpha value is -2.23. The van der Waals surface area contributed by atoms with E-state index in [0.29, 0.717) is 0 Å². The number of benzene rings is 2. The van der Waals surface area contributed by atoms with Crippen LogP contribution in [0.2, 0.25) is 10.0 Å². The second-order valence-electron chi connectivity index (χ2n) is 7.79. The van der Waals surface area contributed by atoms with Gasteiger partial charge in [0.05, 0.1) is 9.79 Å². The predicted octanol–water partition coefficient (Wildman–Crippen LogP) is 4.31. The van der Waals surface area contributed by atoms with Crippen LogP contribution in [0, 0.1) is 0 Å². The molecule has 1 aliphatic heterocycles. The van der Waals surface area contributed by atoms with E-state index in [1.807, 2.05) is 0 Å². The Labute approximate surface area is 234 Å². The van der Waals surface area contributed by atoms with E-state index in [2.05, 4.69) is 7.54 Å². The molecule has 0 saturated heterocycles. The van der Waals surface area contributed by atoms with Gasteiger partial charge in [0.2, 0.25) is 4.08 Å². The first-order valence-electron chi connectivity index (χ1n) is 10.4. The van der Waals surface area contributed by atoms with Crippen LogP contribution in [0.3, 0.4) is 0 Å². The van der Waals surface area contributed by atoms with E-state index >= 15 is 0 Å². The predicted molar refractivity (Wildman–Crippen MR) is 145 cm³/mol. The molecule has 0 fully saturated rings. The minimum Gasteiger partial charge on any atom is -0.417 e. The third-order valence-corrected chi connectivity index (χ3v) is 14.4. The van der Waals surface area contributed by atoms with Gasteiger partial charge in [-0.1, -0.05) is 27.0 Å². The summed E-state index contributed by atoms with van der Waals surface area (Å²) in [6.45, 7) is 4.27. The molecule has 0 bridgehead atoms. The molecule has 16 heteroatoms. The van der Waals surface area contributed by atoms with Gasteiger partial charge < -0.3 is 4.18 Å². The molecular weight excluding hydrogens is 619 g/mol. The van der Waals surface area contributed by atoms with Crippen LogP contribution in [0.15, 0.2) is 76.5 Å². The summed E-state index contributed by atoms with van der Waals surface area (Å²) in [5, 5.41) is 0.493. The van der Waals surface area contributed by atoms with E-state index < -0.39 is 63.1 Å². The molecule has 2 aromatic carbocycles. The molecule has 2 atom stereocenters. The third kappa shape index (κ3) is 5.70. The number of carbonyl (C=O) groups excluding carboxylic acids is 3. The highest BCUT2D eigenvalue weighted by Gasteiger charge is 2.57. The zero-order chi connectivity index (χ0) is 28.6. The summed E-state index contributed by atoms with van der Waals surface area (Å²) in [5.74, 6) is -2.90. The van der Waals surface area contributed by atoms with Crippen molar-refractivity contribution < 1.29 is 35.4 Å². The number of sulfonamides is 2. The van der Waals surface area contributed by atoms with Crippen molar-refractivity contribution in [1.82, 2.24) is 0 Å². The minimum atomic E-state index is -4.60. The smallest absolute Gasteiger partial charge is 0.290 e. The van der Waals surface area contributed by atoms with Gasteiger partial charge in [-0.15, -0.1) is 3.77 Å². The van der Waals surface area contributed by atoms with Gasteiger partial charge >= 0.3 is 0 Å². The van der Waals surface area contributed by atoms with Gasteiger partial charge in [-0.05, 0) is 86.9 Å². The Morgan fingerprint density at radius 1 is 0.763 bits per heavy atom. The number of ketones is 3. The fraction of sp³-hybridized carbons (Fsp3) is 0.227. The molecule has 38 heavy (non-hydrogen) atoms. The maximum absolute atomic E-state index is 13.3. The monoisotopic (exact) mass is 638 g/mol. The Morgan fingerprint density at radius 3 is 1.53 bits per heavy atom. The van der Waals surface area contributed by atoms with E-state index in [0.717, 1.165) is 45.0 Å². The number of rotatable bonds is 7. The van der Waals surface area contributed by atoms with Gasteiger partial charge in [0.1, 0.15) is 21.6 Å². The molecule has 0 spiro atoms. The SMILES string of the molecule is CC(=O)C1=C(C)OS(=NS(=O)(=O)c2ccc(Cl)cc2)C(C(C)=O)(C(C)=O)S1=NS(=O)(=O)c1ccc(Cl)cc1. The first-order valence-corrected chi connectivity index (χ1v) is 16.3. The van der Waals surface area contributed by atoms with Gasteiger partial charge in [-0.25, -0.2) is 0 Å². The Morgan fingerprint density at radius 2 is 1.16 bits per heavy atom. The molecule has 0 saturated carbocycles. The van der Waals surface area contributed by atoms with Crippen molar-refractivity contribution in [2.24, 2.45) is 7.54 Å². The highest BCUT2D eigenvalue weighted by molar-refractivity contribution is 8.14. The standard InChI is InChI=1S/C22H20Cl2N2O8S4/c1-13(27)21-14(2)34-36(26-38(32,33)20-11-7-18(24)8-12-20)22(15(3)28,16(4)29)35(21)25-37(30,31)19-9-5-17(23)6-10-19/h5-12H,1-4H3. The number of nitrogens with zero attached hydrogens (tertiary/aromatic N) is 2. The summed E-state index contributed by atoms with van der Waals surface area (Å²) >= 11 is 11.7. The molecule has 10 nitrogen and oxygen atoms in total. The summed E-state index contributed by atoms with van der Waals surface area (Å²) < 4.78 is 63.7. The lowest BCUT2D eigenvalue weighted by atomic mass is 10.2. The van der Waals surface area contributed by atoms with Crippen molar-refractivity contribution in [3.8, 4) is 0 Å². The second kappa shape index (κ2) is 11.1. The molecule has 0 amide bonds. The van der Waals surface area contributed by atoms with Gasteiger partial charge in [0.15, 0.2) is 17.3 Å². The number of hydrogen-bond donors (Lipinski definition) is 0. The van der Waals surface area contributed by atoms with Crippen molar-refractivity contribution in [2.75, 3.05) is 0 Å². The lowest BCUT2D eigenvalue weighted by molar-refractivity contribution is -0.125. The highest BCUT2D eigenvalue weighted by Crippen LogP contribution is 2.40. The van der Waals surface area contributed by atoms with Crippen LogP contribution in [0.5, 0.6) is 0 Å². The van der Waals surface area contributed by atoms with Crippen molar-refractivity contribution in [3.63, 3.8) is 0 Å². The second-order valence-corrected chi connectivity index (χ2v) is 15.8. The van der Waals surface area contributed by atoms with Crippen LogP contribution < -0.4 is 0 Å². The summed E-state index contributed by atoms with van der Waals surface area (Å²) in [7, 11) is -14.0. The zero-order valence-electron chi connectivity index (χ0n) is 20.2. The molecule has 0 radical (unpaired) electrons. The van der Waals surface area contributed by atoms with Crippen LogP contribution in [-0.4, -0.2) is 38.3 Å². The first kappa shape index (κ1) is 30.3. The maximum atomic E-state index is 13.3. The quantitative estimate of drug-likeness (QED) is 0.406. The average Bonchev–Trinajstić information content (AvgIpc) is 2.78. The van der Waals surface area contributed by atoms with E-state index in [-0.39, 0.29) is 30.5 Å². The van der Waals surface area contributed by atoms with Crippen LogP contribution >= 0.6 is 23.2 Å². The molecule has 2 aromatic rings. The number of allylic oxidation sites excluding steroid dienone is 2. The van der Waals surface area contributed by atoms with Crippen molar-refractivity contribution in [1.29, 1.82) is 0 Å². The Bertz CT molecular complexity index is 1650. The Kier molecular flexibility index (Phi) is 8.85. The third-order valence-electron chi connectivity index (χ3n) is 5.04. The van der Waals surface area contributed by atoms with Crippen molar-refractivity contribution >= 4 is 82.3 Å². The lowest BCUT2D eigenvalue weighted by Crippen LogP contribution is -2.55. The van der Waals surface area contributed by atoms with E-state index in [9.17, 15) is 31.2 Å². The van der Waals surface area contributed by atoms with Crippen molar-refractivity contribution in [2.45, 2.75) is 41.6 Å². The highest BCUT2D eigenvalue weighted by atomic mass is 35.5. The minimum absolute atomic E-state index is 0.215. The Balaban J connectivity index is 2.45. The van der Waals surface area contributed by atoms with Crippen molar-refractivity contribution in [3.05, 3.63) is 69.2 Å². The van der Waals surface area contributed by atoms with Gasteiger partial charge in [-0.3, -0.25) is 14.4 Å². The number of halogens is 2. The molecule has 0 N–H and O–H groups in total. The van der Waals surface area contributed by atoms with E-state index in [1.165, 1.54) is 31.2 Å². The summed E-state index contributed by atoms with van der Waals surface area (Å²) in [6.07, 6.45) is 0. The normalized spacial score (nSPS) is 19.7. The number of carbonyl (C=O) groups is 3. The van der Waals surface area contributed by atoms with Gasteiger partial charge in [0, 0.05) is 10.0 Å². The lowest BCUT2D eigenvalue weighted by Gasteiger charge is -2.36. The van der Waals surface area contributed by atoms with Crippen LogP contribution in [0.25, 0.3) is 0 Å². The molecule has 204 valence electrons. The number of hydrogen-bond acceptors (Lipinski definition) is 8. The molecular formula is C22H20Cl2N2O8S4. The molecule has 0 aromatic heterocycles. The van der Waals surface area contributed by atoms with Crippen LogP contribution in [0.1, 0.15) is 27.7 Å².